The van der Waals surface area contributed by atoms with Crippen LogP contribution in [0.25, 0.3) is 0 Å². The molecular formula is C16H18N6O4S3. The van der Waals surface area contributed by atoms with Gasteiger partial charge in [0.2, 0.25) is 23.6 Å². The van der Waals surface area contributed by atoms with E-state index in [0.29, 0.717) is 31.8 Å². The van der Waals surface area contributed by atoms with E-state index in [-0.39, 0.29) is 11.8 Å². The lowest BCUT2D eigenvalue weighted by atomic mass is 10.4. The molecule has 3 aromatic rings. The van der Waals surface area contributed by atoms with Gasteiger partial charge in [0.1, 0.15) is 0 Å². The number of aromatic nitrogens is 4. The van der Waals surface area contributed by atoms with Crippen molar-refractivity contribution in [2.75, 3.05) is 10.6 Å². The number of thioether (sulfide) groups is 2. The third-order valence-electron chi connectivity index (χ3n) is 3.43. The molecule has 3 rings (SSSR count). The van der Waals surface area contributed by atoms with Gasteiger partial charge in [-0.05, 0) is 27.7 Å². The Kier molecular flexibility index (Phi) is 6.92. The first kappa shape index (κ1) is 21.3. The highest BCUT2D eigenvalue weighted by molar-refractivity contribution is 8.04. The van der Waals surface area contributed by atoms with Gasteiger partial charge in [0.15, 0.2) is 8.68 Å². The summed E-state index contributed by atoms with van der Waals surface area (Å²) < 4.78 is 11.2. The normalized spacial score (nSPS) is 13.1. The molecule has 0 spiro atoms. The number of carbonyl (C=O) groups is 2. The first-order chi connectivity index (χ1) is 13.8. The summed E-state index contributed by atoms with van der Waals surface area (Å²) in [6, 6.07) is 3.28. The number of nitrogens with one attached hydrogen (secondary N) is 2. The zero-order valence-electron chi connectivity index (χ0n) is 16.0. The van der Waals surface area contributed by atoms with Gasteiger partial charge in [0.25, 0.3) is 0 Å². The predicted octanol–water partition coefficient (Wildman–Crippen LogP) is 3.37. The average molecular weight is 455 g/mol. The summed E-state index contributed by atoms with van der Waals surface area (Å²) in [6.45, 7) is 7.05. The molecule has 0 radical (unpaired) electrons. The summed E-state index contributed by atoms with van der Waals surface area (Å²) in [5.74, 6) is 0.141. The minimum absolute atomic E-state index is 0.231. The Morgan fingerprint density at radius 3 is 1.66 bits per heavy atom. The summed E-state index contributed by atoms with van der Waals surface area (Å²) in [5, 5.41) is 20.1. The maximum Gasteiger partial charge on any atom is 0.240 e. The molecule has 0 unspecified atom stereocenters. The van der Waals surface area contributed by atoms with Crippen molar-refractivity contribution in [1.82, 2.24) is 20.5 Å². The molecule has 2 N–H and O–H groups in total. The van der Waals surface area contributed by atoms with Gasteiger partial charge in [-0.2, -0.15) is 0 Å². The zero-order valence-corrected chi connectivity index (χ0v) is 18.4. The molecule has 2 atom stereocenters. The van der Waals surface area contributed by atoms with E-state index < -0.39 is 10.5 Å². The summed E-state index contributed by atoms with van der Waals surface area (Å²) in [6.07, 6.45) is 0. The molecule has 0 fully saturated rings. The lowest BCUT2D eigenvalue weighted by Gasteiger charge is -2.08. The Hall–Kier alpha value is -2.38. The topological polar surface area (TPSA) is 136 Å². The lowest BCUT2D eigenvalue weighted by molar-refractivity contribution is -0.116. The summed E-state index contributed by atoms with van der Waals surface area (Å²) >= 11 is 3.86. The smallest absolute Gasteiger partial charge is 0.240 e. The number of rotatable bonds is 8. The van der Waals surface area contributed by atoms with Crippen molar-refractivity contribution in [3.63, 3.8) is 0 Å². The van der Waals surface area contributed by atoms with Crippen LogP contribution in [0.2, 0.25) is 0 Å². The maximum absolute atomic E-state index is 12.2. The van der Waals surface area contributed by atoms with E-state index in [9.17, 15) is 9.59 Å². The zero-order chi connectivity index (χ0) is 21.0. The van der Waals surface area contributed by atoms with Gasteiger partial charge in [0, 0.05) is 12.1 Å². The number of aryl methyl sites for hydroxylation is 2. The van der Waals surface area contributed by atoms with E-state index >= 15 is 0 Å². The van der Waals surface area contributed by atoms with Crippen LogP contribution in [0.4, 0.5) is 11.8 Å². The molecule has 0 aliphatic rings. The third-order valence-corrected chi connectivity index (χ3v) is 6.72. The molecule has 0 bridgehead atoms. The van der Waals surface area contributed by atoms with Gasteiger partial charge >= 0.3 is 0 Å². The third kappa shape index (κ3) is 6.05. The van der Waals surface area contributed by atoms with Gasteiger partial charge in [0.05, 0.1) is 21.9 Å². The molecule has 0 aliphatic carbocycles. The largest absolute Gasteiger partial charge is 0.338 e. The highest BCUT2D eigenvalue weighted by atomic mass is 32.2. The molecule has 0 saturated heterocycles. The Balaban J connectivity index is 1.50. The van der Waals surface area contributed by atoms with Crippen LogP contribution in [-0.2, 0) is 9.59 Å². The van der Waals surface area contributed by atoms with Gasteiger partial charge in [-0.25, -0.2) is 0 Å². The van der Waals surface area contributed by atoms with E-state index in [1.807, 2.05) is 0 Å². The molecule has 0 aliphatic heterocycles. The second kappa shape index (κ2) is 9.41. The van der Waals surface area contributed by atoms with Crippen LogP contribution < -0.4 is 10.6 Å². The van der Waals surface area contributed by atoms with Gasteiger partial charge < -0.3 is 9.05 Å². The summed E-state index contributed by atoms with van der Waals surface area (Å²) in [4.78, 5) is 24.5. The number of hydrogen-bond acceptors (Lipinski definition) is 11. The summed E-state index contributed by atoms with van der Waals surface area (Å²) in [5.41, 5.74) is 1.37. The van der Waals surface area contributed by atoms with Gasteiger partial charge in [-0.1, -0.05) is 45.2 Å². The fourth-order valence-electron chi connectivity index (χ4n) is 1.99. The van der Waals surface area contributed by atoms with Crippen molar-refractivity contribution in [3.05, 3.63) is 23.5 Å². The Bertz CT molecular complexity index is 924. The van der Waals surface area contributed by atoms with E-state index in [4.69, 9.17) is 9.05 Å². The van der Waals surface area contributed by atoms with Crippen LogP contribution in [0.15, 0.2) is 29.9 Å². The number of nitrogens with zero attached hydrogens (tertiary/aromatic N) is 4. The van der Waals surface area contributed by atoms with Crippen LogP contribution in [0, 0.1) is 13.8 Å². The Labute approximate surface area is 178 Å². The van der Waals surface area contributed by atoms with Crippen LogP contribution in [0.1, 0.15) is 25.2 Å². The maximum atomic E-state index is 12.2. The lowest BCUT2D eigenvalue weighted by Crippen LogP contribution is -2.22. The molecule has 154 valence electrons. The fraction of sp³-hybridized carbons (Fsp3) is 0.375. The number of carbonyl (C=O) groups excluding carboxylic acids is 2. The standard InChI is InChI=1S/C16H18N6O4S3/c1-7-5-11(25-21-7)17-13(23)9(3)27-15-19-20-16(29-15)28-10(4)14(24)18-12-6-8(2)22-26-12/h5-6,9-10H,1-4H3,(H,17,23)(H,18,24)/t9-,10-/m1/s1. The van der Waals surface area contributed by atoms with Crippen LogP contribution >= 0.6 is 34.9 Å². The van der Waals surface area contributed by atoms with Crippen molar-refractivity contribution in [2.45, 2.75) is 46.9 Å². The second-order valence-electron chi connectivity index (χ2n) is 6.00. The minimum atomic E-state index is -0.415. The van der Waals surface area contributed by atoms with E-state index in [2.05, 4.69) is 31.1 Å². The fourth-order valence-corrected chi connectivity index (χ4v) is 5.30. The molecule has 3 aromatic heterocycles. The highest BCUT2D eigenvalue weighted by Gasteiger charge is 2.21. The van der Waals surface area contributed by atoms with Crippen LogP contribution in [0.3, 0.4) is 0 Å². The van der Waals surface area contributed by atoms with E-state index in [1.165, 1.54) is 34.9 Å². The Morgan fingerprint density at radius 2 is 1.31 bits per heavy atom. The molecule has 2 amide bonds. The monoisotopic (exact) mass is 454 g/mol. The molecule has 29 heavy (non-hydrogen) atoms. The second-order valence-corrected chi connectivity index (χ2v) is 10.2. The minimum Gasteiger partial charge on any atom is -0.338 e. The van der Waals surface area contributed by atoms with Crippen molar-refractivity contribution >= 4 is 58.4 Å². The first-order valence-electron chi connectivity index (χ1n) is 8.45. The van der Waals surface area contributed by atoms with Crippen molar-refractivity contribution in [2.24, 2.45) is 0 Å². The number of anilines is 2. The number of amides is 2. The number of hydrogen-bond donors (Lipinski definition) is 2. The SMILES string of the molecule is Cc1cc(NC(=O)[C@@H](C)Sc2nnc(S[C@H](C)C(=O)Nc3cc(C)no3)s2)on1. The van der Waals surface area contributed by atoms with Crippen molar-refractivity contribution in [1.29, 1.82) is 0 Å². The quantitative estimate of drug-likeness (QED) is 0.487. The highest BCUT2D eigenvalue weighted by Crippen LogP contribution is 2.33. The van der Waals surface area contributed by atoms with E-state index in [0.717, 1.165) is 0 Å². The average Bonchev–Trinajstić information content (AvgIpc) is 3.38. The van der Waals surface area contributed by atoms with Gasteiger partial charge in [-0.3, -0.25) is 20.2 Å². The molecule has 3 heterocycles. The Morgan fingerprint density at radius 1 is 0.897 bits per heavy atom. The van der Waals surface area contributed by atoms with Crippen LogP contribution in [-0.4, -0.2) is 42.8 Å². The molecule has 0 aromatic carbocycles. The summed E-state index contributed by atoms with van der Waals surface area (Å²) in [7, 11) is 0. The first-order valence-corrected chi connectivity index (χ1v) is 11.0. The molecule has 13 heteroatoms. The van der Waals surface area contributed by atoms with Crippen molar-refractivity contribution < 1.29 is 18.6 Å². The molecule has 10 nitrogen and oxygen atoms in total. The van der Waals surface area contributed by atoms with Crippen molar-refractivity contribution in [3.8, 4) is 0 Å². The molecule has 0 saturated carbocycles. The predicted molar refractivity (Wildman–Crippen MR) is 110 cm³/mol. The molecular weight excluding hydrogens is 436 g/mol. The van der Waals surface area contributed by atoms with Crippen LogP contribution in [0.5, 0.6) is 0 Å². The van der Waals surface area contributed by atoms with Gasteiger partial charge in [-0.15, -0.1) is 10.2 Å². The van der Waals surface area contributed by atoms with E-state index in [1.54, 1.807) is 39.8 Å².